The highest BCUT2D eigenvalue weighted by Crippen LogP contribution is 2.46. The molecule has 4 aromatic rings. The van der Waals surface area contributed by atoms with E-state index in [-0.39, 0.29) is 23.9 Å². The van der Waals surface area contributed by atoms with Gasteiger partial charge in [-0.1, -0.05) is 24.8 Å². The molecule has 2 aliphatic rings. The van der Waals surface area contributed by atoms with Crippen molar-refractivity contribution in [2.45, 2.75) is 25.8 Å². The van der Waals surface area contributed by atoms with Gasteiger partial charge in [0.15, 0.2) is 0 Å². The Morgan fingerprint density at radius 3 is 2.75 bits per heavy atom. The Kier molecular flexibility index (Phi) is 6.69. The summed E-state index contributed by atoms with van der Waals surface area (Å²) >= 11 is 1.24. The molecule has 40 heavy (non-hydrogen) atoms. The Bertz CT molecular complexity index is 1650. The van der Waals surface area contributed by atoms with Gasteiger partial charge in [-0.2, -0.15) is 0 Å². The van der Waals surface area contributed by atoms with Crippen LogP contribution in [0.25, 0.3) is 10.2 Å². The number of carbonyl (C=O) groups is 3. The Morgan fingerprint density at radius 1 is 1.15 bits per heavy atom. The molecule has 4 heterocycles. The van der Waals surface area contributed by atoms with E-state index in [0.29, 0.717) is 51.0 Å². The average Bonchev–Trinajstić information content (AvgIpc) is 3.33. The summed E-state index contributed by atoms with van der Waals surface area (Å²) in [5, 5.41) is 6.71. The average molecular weight is 554 g/mol. The van der Waals surface area contributed by atoms with E-state index in [2.05, 4.69) is 22.2 Å². The van der Waals surface area contributed by atoms with Gasteiger partial charge in [-0.05, 0) is 67.8 Å². The number of aryl methyl sites for hydroxylation is 1. The monoisotopic (exact) mass is 553 g/mol. The number of nitrogens with zero attached hydrogens (tertiary/aromatic N) is 3. The van der Waals surface area contributed by atoms with E-state index >= 15 is 0 Å². The number of piperidine rings is 1. The molecule has 2 N–H and O–H groups in total. The van der Waals surface area contributed by atoms with Gasteiger partial charge in [-0.25, -0.2) is 9.78 Å². The number of nitrogens with one attached hydrogen (secondary N) is 2. The minimum Gasteiger partial charge on any atom is -0.457 e. The standard InChI is InChI=1S/C30H27N5O4S/c1-3-24(36)34-15-7-8-19(17-34)32-28(37)27-26-25-23(13-14-31-29(25)40-27)35(30(38)33-26)22-12-11-21(16-18(22)2)39-20-9-5-4-6-10-20/h3-6,9-14,16,19H,1,7-8,15,17H2,2H3,(H,32,37)(H,33,38)/t19-/m1/s1. The quantitative estimate of drug-likeness (QED) is 0.286. The number of carbonyl (C=O) groups excluding carboxylic acids is 3. The van der Waals surface area contributed by atoms with Crippen molar-refractivity contribution in [2.24, 2.45) is 0 Å². The lowest BCUT2D eigenvalue weighted by molar-refractivity contribution is -0.127. The van der Waals surface area contributed by atoms with E-state index in [4.69, 9.17) is 4.74 Å². The van der Waals surface area contributed by atoms with Gasteiger partial charge < -0.3 is 20.3 Å². The van der Waals surface area contributed by atoms with Crippen LogP contribution in [0, 0.1) is 6.92 Å². The Balaban J connectivity index is 1.29. The number of thiophene rings is 1. The van der Waals surface area contributed by atoms with Crippen molar-refractivity contribution >= 4 is 56.5 Å². The van der Waals surface area contributed by atoms with Crippen LogP contribution in [0.4, 0.5) is 21.9 Å². The molecule has 0 aliphatic carbocycles. The second-order valence-electron chi connectivity index (χ2n) is 9.75. The van der Waals surface area contributed by atoms with Crippen LogP contribution in [0.1, 0.15) is 28.1 Å². The van der Waals surface area contributed by atoms with E-state index in [9.17, 15) is 14.4 Å². The Hall–Kier alpha value is -4.70. The zero-order valence-corrected chi connectivity index (χ0v) is 22.7. The van der Waals surface area contributed by atoms with Crippen molar-refractivity contribution in [2.75, 3.05) is 23.3 Å². The van der Waals surface area contributed by atoms with E-state index in [0.717, 1.165) is 24.2 Å². The normalized spacial score (nSPS) is 16.4. The van der Waals surface area contributed by atoms with Gasteiger partial charge in [0.2, 0.25) is 5.91 Å². The van der Waals surface area contributed by atoms with Crippen LogP contribution in [-0.4, -0.2) is 46.9 Å². The molecule has 1 saturated heterocycles. The molecule has 0 spiro atoms. The number of anilines is 3. The molecule has 2 aromatic carbocycles. The molecular formula is C30H27N5O4S. The molecule has 0 saturated carbocycles. The number of likely N-dealkylation sites (tertiary alicyclic amines) is 1. The van der Waals surface area contributed by atoms with E-state index in [1.165, 1.54) is 17.4 Å². The maximum atomic E-state index is 13.5. The summed E-state index contributed by atoms with van der Waals surface area (Å²) in [5.41, 5.74) is 2.65. The Morgan fingerprint density at radius 2 is 1.98 bits per heavy atom. The summed E-state index contributed by atoms with van der Waals surface area (Å²) < 4.78 is 5.96. The topological polar surface area (TPSA) is 104 Å². The highest BCUT2D eigenvalue weighted by Gasteiger charge is 2.34. The maximum Gasteiger partial charge on any atom is 0.331 e. The van der Waals surface area contributed by atoms with Crippen molar-refractivity contribution < 1.29 is 19.1 Å². The zero-order valence-electron chi connectivity index (χ0n) is 21.8. The molecule has 2 aliphatic heterocycles. The van der Waals surface area contributed by atoms with Gasteiger partial charge in [0.25, 0.3) is 5.91 Å². The molecule has 6 rings (SSSR count). The molecule has 1 fully saturated rings. The predicted octanol–water partition coefficient (Wildman–Crippen LogP) is 5.99. The molecule has 4 amide bonds. The van der Waals surface area contributed by atoms with Crippen LogP contribution in [-0.2, 0) is 4.79 Å². The van der Waals surface area contributed by atoms with Crippen LogP contribution in [0.2, 0.25) is 0 Å². The van der Waals surface area contributed by atoms with Crippen LogP contribution in [0.5, 0.6) is 11.5 Å². The molecule has 9 nitrogen and oxygen atoms in total. The third kappa shape index (κ3) is 4.66. The highest BCUT2D eigenvalue weighted by molar-refractivity contribution is 7.21. The fraction of sp³-hybridized carbons (Fsp3) is 0.200. The lowest BCUT2D eigenvalue weighted by atomic mass is 10.1. The van der Waals surface area contributed by atoms with E-state index in [1.807, 2.05) is 55.5 Å². The van der Waals surface area contributed by atoms with Crippen molar-refractivity contribution in [1.82, 2.24) is 15.2 Å². The minimum absolute atomic E-state index is 0.146. The molecule has 2 aromatic heterocycles. The number of pyridine rings is 1. The van der Waals surface area contributed by atoms with Crippen molar-refractivity contribution in [1.29, 1.82) is 0 Å². The second kappa shape index (κ2) is 10.5. The fourth-order valence-electron chi connectivity index (χ4n) is 5.23. The molecule has 0 radical (unpaired) electrons. The summed E-state index contributed by atoms with van der Waals surface area (Å²) in [6.45, 7) is 6.54. The Labute approximate surface area is 235 Å². The molecule has 0 unspecified atom stereocenters. The van der Waals surface area contributed by atoms with E-state index < -0.39 is 0 Å². The largest absolute Gasteiger partial charge is 0.457 e. The zero-order chi connectivity index (χ0) is 27.8. The molecule has 1 atom stereocenters. The SMILES string of the molecule is C=CC(=O)N1CCC[C@@H](NC(=O)c2sc3nccc4c3c2NC(=O)N4c2ccc(Oc3ccccc3)cc2C)C1. The van der Waals surface area contributed by atoms with Crippen LogP contribution < -0.4 is 20.3 Å². The van der Waals surface area contributed by atoms with Gasteiger partial charge in [0, 0.05) is 25.3 Å². The van der Waals surface area contributed by atoms with Crippen LogP contribution in [0.15, 0.2) is 73.4 Å². The lowest BCUT2D eigenvalue weighted by Gasteiger charge is -2.32. The first-order valence-electron chi connectivity index (χ1n) is 13.0. The molecule has 10 heteroatoms. The van der Waals surface area contributed by atoms with Gasteiger partial charge in [0.1, 0.15) is 21.2 Å². The lowest BCUT2D eigenvalue weighted by Crippen LogP contribution is -2.49. The molecular weight excluding hydrogens is 526 g/mol. The summed E-state index contributed by atoms with van der Waals surface area (Å²) in [6.07, 6.45) is 4.49. The third-order valence-electron chi connectivity index (χ3n) is 7.08. The summed E-state index contributed by atoms with van der Waals surface area (Å²) in [7, 11) is 0. The predicted molar refractivity (Wildman–Crippen MR) is 156 cm³/mol. The number of urea groups is 1. The summed E-state index contributed by atoms with van der Waals surface area (Å²) in [6, 6.07) is 16.3. The summed E-state index contributed by atoms with van der Waals surface area (Å²) in [4.78, 5) is 47.8. The van der Waals surface area contributed by atoms with Crippen LogP contribution in [0.3, 0.4) is 0 Å². The number of hydrogen-bond donors (Lipinski definition) is 2. The fourth-order valence-corrected chi connectivity index (χ4v) is 6.25. The second-order valence-corrected chi connectivity index (χ2v) is 10.7. The van der Waals surface area contributed by atoms with Gasteiger partial charge in [-0.3, -0.25) is 14.5 Å². The first kappa shape index (κ1) is 25.6. The maximum absolute atomic E-state index is 13.5. The van der Waals surface area contributed by atoms with Gasteiger partial charge in [-0.15, -0.1) is 11.3 Å². The van der Waals surface area contributed by atoms with E-state index in [1.54, 1.807) is 22.1 Å². The number of aromatic nitrogens is 1. The van der Waals surface area contributed by atoms with Crippen LogP contribution >= 0.6 is 11.3 Å². The van der Waals surface area contributed by atoms with Crippen molar-refractivity contribution in [3.8, 4) is 11.5 Å². The number of ether oxygens (including phenoxy) is 1. The first-order valence-corrected chi connectivity index (χ1v) is 13.8. The third-order valence-corrected chi connectivity index (χ3v) is 8.18. The number of amides is 4. The van der Waals surface area contributed by atoms with Crippen molar-refractivity contribution in [3.05, 3.63) is 83.9 Å². The molecule has 0 bridgehead atoms. The number of hydrogen-bond acceptors (Lipinski definition) is 6. The highest BCUT2D eigenvalue weighted by atomic mass is 32.1. The smallest absolute Gasteiger partial charge is 0.331 e. The van der Waals surface area contributed by atoms with Gasteiger partial charge in [0.05, 0.1) is 22.4 Å². The first-order chi connectivity index (χ1) is 19.4. The number of rotatable bonds is 6. The summed E-state index contributed by atoms with van der Waals surface area (Å²) in [5.74, 6) is 0.945. The van der Waals surface area contributed by atoms with Gasteiger partial charge >= 0.3 is 6.03 Å². The number of para-hydroxylation sites is 1. The number of benzene rings is 2. The van der Waals surface area contributed by atoms with Crippen molar-refractivity contribution in [3.63, 3.8) is 0 Å². The molecule has 202 valence electrons. The minimum atomic E-state index is -0.368.